The molecule has 2 heterocycles. The zero-order chi connectivity index (χ0) is 20.8. The van der Waals surface area contributed by atoms with Crippen LogP contribution in [0.5, 0.6) is 11.8 Å². The molecular weight excluding hydrogens is 404 g/mol. The molecule has 0 saturated heterocycles. The summed E-state index contributed by atoms with van der Waals surface area (Å²) in [5.74, 6) is -0.906. The first-order valence-corrected chi connectivity index (χ1v) is 9.37. The lowest BCUT2D eigenvalue weighted by atomic mass is 10.1. The van der Waals surface area contributed by atoms with E-state index in [2.05, 4.69) is 15.0 Å². The standard InChI is InChI=1S/C22H13ClN4O3/c23-15-5-1-4-8-18(15)27-20(29)13-10-9-12(11-14(13)21(27)30)19(28)26-22-24-16-6-2-3-7-17(16)25-22/h1-11,29-30H. The Hall–Kier alpha value is -3.97. The third-order valence-corrected chi connectivity index (χ3v) is 5.11. The molecule has 4 aromatic rings. The maximum Gasteiger partial charge on any atom is 0.280 e. The van der Waals surface area contributed by atoms with Crippen LogP contribution in [0.3, 0.4) is 0 Å². The lowest BCUT2D eigenvalue weighted by Gasteiger charge is -2.08. The van der Waals surface area contributed by atoms with E-state index in [-0.39, 0.29) is 23.3 Å². The molecule has 0 saturated carbocycles. The molecule has 1 aliphatic heterocycles. The summed E-state index contributed by atoms with van der Waals surface area (Å²) in [4.78, 5) is 25.1. The van der Waals surface area contributed by atoms with Crippen LogP contribution in [0.4, 0.5) is 0 Å². The van der Waals surface area contributed by atoms with E-state index in [1.807, 2.05) is 12.1 Å². The predicted octanol–water partition coefficient (Wildman–Crippen LogP) is 3.14. The molecule has 146 valence electrons. The summed E-state index contributed by atoms with van der Waals surface area (Å²) in [6.07, 6.45) is 0. The number of guanidine groups is 1. The van der Waals surface area contributed by atoms with Crippen molar-refractivity contribution in [2.75, 3.05) is 0 Å². The van der Waals surface area contributed by atoms with E-state index in [1.165, 1.54) is 16.7 Å². The molecule has 30 heavy (non-hydrogen) atoms. The highest BCUT2D eigenvalue weighted by molar-refractivity contribution is 6.32. The number of carbonyl (C=O) groups is 1. The van der Waals surface area contributed by atoms with Gasteiger partial charge in [-0.05, 0) is 42.5 Å². The first-order chi connectivity index (χ1) is 14.5. The molecule has 1 amide bonds. The fraction of sp³-hybridized carbons (Fsp3) is 0. The fourth-order valence-corrected chi connectivity index (χ4v) is 3.58. The van der Waals surface area contributed by atoms with E-state index in [1.54, 1.807) is 42.5 Å². The van der Waals surface area contributed by atoms with Gasteiger partial charge in [-0.2, -0.15) is 4.99 Å². The van der Waals surface area contributed by atoms with Gasteiger partial charge in [0.1, 0.15) is 0 Å². The zero-order valence-electron chi connectivity index (χ0n) is 15.3. The summed E-state index contributed by atoms with van der Waals surface area (Å²) >= 11 is 6.21. The van der Waals surface area contributed by atoms with Crippen LogP contribution < -0.4 is 10.7 Å². The molecule has 0 fully saturated rings. The Morgan fingerprint density at radius 2 is 1.50 bits per heavy atom. The summed E-state index contributed by atoms with van der Waals surface area (Å²) in [6, 6.07) is 18.6. The van der Waals surface area contributed by atoms with Gasteiger partial charge in [0.05, 0.1) is 21.4 Å². The summed E-state index contributed by atoms with van der Waals surface area (Å²) in [7, 11) is 0. The van der Waals surface area contributed by atoms with Crippen molar-refractivity contribution in [2.45, 2.75) is 0 Å². The number of hydrogen-bond acceptors (Lipinski definition) is 3. The minimum Gasteiger partial charge on any atom is -0.494 e. The third kappa shape index (κ3) is 2.84. The molecule has 0 unspecified atom stereocenters. The number of carbonyl (C=O) groups excluding carboxylic acids is 1. The monoisotopic (exact) mass is 416 g/mol. The van der Waals surface area contributed by atoms with Gasteiger partial charge in [0.15, 0.2) is 0 Å². The SMILES string of the molecule is O=C(N=C1N=c2ccccc2=N1)c1ccc2c(O)n(-c3ccccc3Cl)c(O)c2c1. The molecule has 0 spiro atoms. The third-order valence-electron chi connectivity index (χ3n) is 4.79. The van der Waals surface area contributed by atoms with Crippen LogP contribution in [-0.2, 0) is 0 Å². The second-order valence-corrected chi connectivity index (χ2v) is 7.03. The van der Waals surface area contributed by atoms with Crippen molar-refractivity contribution in [3.05, 3.63) is 88.0 Å². The Balaban J connectivity index is 1.58. The average molecular weight is 417 g/mol. The van der Waals surface area contributed by atoms with E-state index in [0.29, 0.717) is 32.2 Å². The van der Waals surface area contributed by atoms with Crippen molar-refractivity contribution in [2.24, 2.45) is 15.0 Å². The van der Waals surface area contributed by atoms with Gasteiger partial charge in [0, 0.05) is 16.3 Å². The summed E-state index contributed by atoms with van der Waals surface area (Å²) in [5.41, 5.74) is 0.641. The van der Waals surface area contributed by atoms with Crippen molar-refractivity contribution in [3.63, 3.8) is 0 Å². The number of amides is 1. The minimum absolute atomic E-state index is 0.0713. The van der Waals surface area contributed by atoms with Crippen LogP contribution in [0.15, 0.2) is 81.7 Å². The first-order valence-electron chi connectivity index (χ1n) is 9.00. The van der Waals surface area contributed by atoms with Gasteiger partial charge in [-0.3, -0.25) is 4.79 Å². The second-order valence-electron chi connectivity index (χ2n) is 6.62. The normalized spacial score (nSPS) is 12.4. The average Bonchev–Trinajstić information content (AvgIpc) is 3.26. The zero-order valence-corrected chi connectivity index (χ0v) is 16.1. The van der Waals surface area contributed by atoms with E-state index in [4.69, 9.17) is 11.6 Å². The maximum absolute atomic E-state index is 12.6. The highest BCUT2D eigenvalue weighted by Crippen LogP contribution is 2.40. The van der Waals surface area contributed by atoms with Crippen molar-refractivity contribution in [1.29, 1.82) is 0 Å². The van der Waals surface area contributed by atoms with Gasteiger partial charge in [-0.15, -0.1) is 0 Å². The van der Waals surface area contributed by atoms with E-state index >= 15 is 0 Å². The number of hydrogen-bond donors (Lipinski definition) is 2. The van der Waals surface area contributed by atoms with Crippen LogP contribution in [-0.4, -0.2) is 26.6 Å². The Morgan fingerprint density at radius 3 is 2.20 bits per heavy atom. The van der Waals surface area contributed by atoms with E-state index in [0.717, 1.165) is 0 Å². The smallest absolute Gasteiger partial charge is 0.280 e. The lowest BCUT2D eigenvalue weighted by molar-refractivity contribution is 0.100. The van der Waals surface area contributed by atoms with Gasteiger partial charge < -0.3 is 10.2 Å². The molecule has 7 nitrogen and oxygen atoms in total. The summed E-state index contributed by atoms with van der Waals surface area (Å²) in [5, 5.41) is 23.7. The second kappa shape index (κ2) is 6.82. The molecule has 2 N–H and O–H groups in total. The number of para-hydroxylation sites is 3. The highest BCUT2D eigenvalue weighted by Gasteiger charge is 2.20. The van der Waals surface area contributed by atoms with Gasteiger partial charge in [-0.25, -0.2) is 14.6 Å². The molecule has 1 aliphatic rings. The molecule has 0 aliphatic carbocycles. The molecule has 8 heteroatoms. The Morgan fingerprint density at radius 1 is 0.867 bits per heavy atom. The van der Waals surface area contributed by atoms with Crippen molar-refractivity contribution in [1.82, 2.24) is 4.57 Å². The largest absolute Gasteiger partial charge is 0.494 e. The van der Waals surface area contributed by atoms with E-state index < -0.39 is 5.91 Å². The lowest BCUT2D eigenvalue weighted by Crippen LogP contribution is -2.19. The molecule has 1 aromatic heterocycles. The van der Waals surface area contributed by atoms with Gasteiger partial charge in [-0.1, -0.05) is 35.9 Å². The van der Waals surface area contributed by atoms with Gasteiger partial charge >= 0.3 is 0 Å². The van der Waals surface area contributed by atoms with Crippen LogP contribution >= 0.6 is 11.6 Å². The topological polar surface area (TPSA) is 99.5 Å². The van der Waals surface area contributed by atoms with Gasteiger partial charge in [0.2, 0.25) is 11.8 Å². The fourth-order valence-electron chi connectivity index (χ4n) is 3.36. The van der Waals surface area contributed by atoms with Crippen molar-refractivity contribution < 1.29 is 15.0 Å². The molecule has 0 radical (unpaired) electrons. The van der Waals surface area contributed by atoms with Crippen LogP contribution in [0, 0.1) is 0 Å². The van der Waals surface area contributed by atoms with Crippen LogP contribution in [0.1, 0.15) is 10.4 Å². The number of halogens is 1. The highest BCUT2D eigenvalue weighted by atomic mass is 35.5. The minimum atomic E-state index is -0.559. The number of benzene rings is 3. The van der Waals surface area contributed by atoms with Crippen LogP contribution in [0.2, 0.25) is 5.02 Å². The Bertz CT molecular complexity index is 1470. The first kappa shape index (κ1) is 18.1. The van der Waals surface area contributed by atoms with E-state index in [9.17, 15) is 15.0 Å². The molecule has 0 atom stereocenters. The van der Waals surface area contributed by atoms with Gasteiger partial charge in [0.25, 0.3) is 11.9 Å². The Kier molecular flexibility index (Phi) is 4.11. The quantitative estimate of drug-likeness (QED) is 0.525. The summed E-state index contributed by atoms with van der Waals surface area (Å²) in [6.45, 7) is 0. The molecule has 0 bridgehead atoms. The van der Waals surface area contributed by atoms with Crippen molar-refractivity contribution in [3.8, 4) is 17.4 Å². The molecule has 5 rings (SSSR count). The van der Waals surface area contributed by atoms with Crippen LogP contribution in [0.25, 0.3) is 16.5 Å². The molecule has 3 aromatic carbocycles. The Labute approximate surface area is 174 Å². The molecular formula is C22H13ClN4O3. The number of nitrogens with zero attached hydrogens (tertiary/aromatic N) is 4. The number of rotatable bonds is 2. The number of aromatic hydroxyl groups is 2. The predicted molar refractivity (Wildman–Crippen MR) is 112 cm³/mol. The maximum atomic E-state index is 12.6. The van der Waals surface area contributed by atoms with Crippen molar-refractivity contribution >= 4 is 34.2 Å². The number of fused-ring (bicyclic) bond motifs is 2. The summed E-state index contributed by atoms with van der Waals surface area (Å²) < 4.78 is 1.23. The number of aromatic nitrogens is 1. The number of aliphatic imine (C=N–C) groups is 1.